The molecule has 1 heterocycles. The van der Waals surface area contributed by atoms with Crippen molar-refractivity contribution in [3.63, 3.8) is 0 Å². The molecule has 0 aromatic heterocycles. The maximum absolute atomic E-state index is 10.7. The van der Waals surface area contributed by atoms with Crippen LogP contribution in [0.3, 0.4) is 0 Å². The summed E-state index contributed by atoms with van der Waals surface area (Å²) in [5, 5.41) is 5.24. The summed E-state index contributed by atoms with van der Waals surface area (Å²) in [5.74, 6) is 0.0817. The third-order valence-corrected chi connectivity index (χ3v) is 1.72. The van der Waals surface area contributed by atoms with E-state index < -0.39 is 0 Å². The number of carbonyl (C=O) groups is 1. The molecule has 0 unspecified atom stereocenters. The Morgan fingerprint density at radius 3 is 2.78 bits per heavy atom. The SMILES string of the molecule is CN1N=C(Br)CCC1=O. The first-order valence-electron chi connectivity index (χ1n) is 2.69. The lowest BCUT2D eigenvalue weighted by Crippen LogP contribution is -2.26. The lowest BCUT2D eigenvalue weighted by atomic mass is 10.3. The van der Waals surface area contributed by atoms with E-state index in [-0.39, 0.29) is 5.91 Å². The minimum Gasteiger partial charge on any atom is -0.273 e. The summed E-state index contributed by atoms with van der Waals surface area (Å²) in [7, 11) is 1.66. The van der Waals surface area contributed by atoms with Crippen LogP contribution in [0, 0.1) is 0 Å². The summed E-state index contributed by atoms with van der Waals surface area (Å²) in [5.41, 5.74) is 0. The second kappa shape index (κ2) is 2.47. The third kappa shape index (κ3) is 1.51. The number of hydrogen-bond acceptors (Lipinski definition) is 2. The molecular formula is C5H7BrN2O. The van der Waals surface area contributed by atoms with E-state index in [1.165, 1.54) is 5.01 Å². The van der Waals surface area contributed by atoms with Crippen molar-refractivity contribution in [1.29, 1.82) is 0 Å². The summed E-state index contributed by atoms with van der Waals surface area (Å²) in [4.78, 5) is 10.7. The zero-order chi connectivity index (χ0) is 6.85. The number of amides is 1. The molecule has 50 valence electrons. The Bertz CT molecular complexity index is 166. The van der Waals surface area contributed by atoms with Crippen molar-refractivity contribution >= 4 is 26.5 Å². The van der Waals surface area contributed by atoms with Gasteiger partial charge in [-0.05, 0) is 15.9 Å². The van der Waals surface area contributed by atoms with Gasteiger partial charge in [-0.1, -0.05) is 0 Å². The normalized spacial score (nSPS) is 20.0. The standard InChI is InChI=1S/C5H7BrN2O/c1-8-5(9)3-2-4(6)7-8/h2-3H2,1H3. The van der Waals surface area contributed by atoms with Crippen molar-refractivity contribution in [1.82, 2.24) is 5.01 Å². The van der Waals surface area contributed by atoms with Crippen molar-refractivity contribution in [2.24, 2.45) is 5.10 Å². The monoisotopic (exact) mass is 190 g/mol. The Morgan fingerprint density at radius 2 is 2.33 bits per heavy atom. The quantitative estimate of drug-likeness (QED) is 0.560. The number of rotatable bonds is 0. The maximum atomic E-state index is 10.7. The fourth-order valence-electron chi connectivity index (χ4n) is 0.640. The van der Waals surface area contributed by atoms with Crippen LogP contribution in [0.4, 0.5) is 0 Å². The van der Waals surface area contributed by atoms with Crippen molar-refractivity contribution < 1.29 is 4.79 Å². The molecule has 0 N–H and O–H groups in total. The molecule has 0 radical (unpaired) electrons. The second-order valence-electron chi connectivity index (χ2n) is 1.89. The molecule has 0 bridgehead atoms. The molecule has 0 saturated heterocycles. The van der Waals surface area contributed by atoms with Crippen molar-refractivity contribution in [2.45, 2.75) is 12.8 Å². The molecule has 9 heavy (non-hydrogen) atoms. The zero-order valence-corrected chi connectivity index (χ0v) is 6.68. The van der Waals surface area contributed by atoms with E-state index in [0.717, 1.165) is 11.0 Å². The number of halogens is 1. The average Bonchev–Trinajstić information content (AvgIpc) is 1.80. The van der Waals surface area contributed by atoms with E-state index in [0.29, 0.717) is 6.42 Å². The number of hydrazone groups is 1. The Kier molecular flexibility index (Phi) is 1.85. The highest BCUT2D eigenvalue weighted by molar-refractivity contribution is 9.18. The Balaban J connectivity index is 2.69. The minimum atomic E-state index is 0.0817. The van der Waals surface area contributed by atoms with Gasteiger partial charge in [0.1, 0.15) is 4.62 Å². The predicted molar refractivity (Wildman–Crippen MR) is 38.4 cm³/mol. The predicted octanol–water partition coefficient (Wildman–Crippen LogP) is 0.947. The fraction of sp³-hybridized carbons (Fsp3) is 0.600. The van der Waals surface area contributed by atoms with Crippen LogP contribution in [-0.4, -0.2) is 22.6 Å². The second-order valence-corrected chi connectivity index (χ2v) is 2.81. The van der Waals surface area contributed by atoms with Crippen molar-refractivity contribution in [2.75, 3.05) is 7.05 Å². The molecule has 0 saturated carbocycles. The van der Waals surface area contributed by atoms with Gasteiger partial charge < -0.3 is 0 Å². The minimum absolute atomic E-state index is 0.0817. The summed E-state index contributed by atoms with van der Waals surface area (Å²) >= 11 is 3.21. The molecule has 0 aromatic rings. The van der Waals surface area contributed by atoms with Gasteiger partial charge in [0, 0.05) is 19.9 Å². The highest BCUT2D eigenvalue weighted by Gasteiger charge is 2.13. The molecule has 0 fully saturated rings. The summed E-state index contributed by atoms with van der Waals surface area (Å²) in [6, 6.07) is 0. The number of hydrogen-bond donors (Lipinski definition) is 0. The molecule has 0 aliphatic carbocycles. The fourth-order valence-corrected chi connectivity index (χ4v) is 1.08. The molecule has 0 atom stereocenters. The molecule has 0 aromatic carbocycles. The first kappa shape index (κ1) is 6.74. The van der Waals surface area contributed by atoms with Gasteiger partial charge in [-0.3, -0.25) is 4.79 Å². The van der Waals surface area contributed by atoms with Crippen LogP contribution in [0.2, 0.25) is 0 Å². The van der Waals surface area contributed by atoms with Crippen LogP contribution in [0.15, 0.2) is 5.10 Å². The van der Waals surface area contributed by atoms with Gasteiger partial charge in [0.25, 0.3) is 0 Å². The smallest absolute Gasteiger partial charge is 0.242 e. The van der Waals surface area contributed by atoms with E-state index >= 15 is 0 Å². The van der Waals surface area contributed by atoms with Crippen molar-refractivity contribution in [3.05, 3.63) is 0 Å². The number of nitrogens with zero attached hydrogens (tertiary/aromatic N) is 2. The van der Waals surface area contributed by atoms with E-state index in [2.05, 4.69) is 21.0 Å². The molecule has 4 heteroatoms. The largest absolute Gasteiger partial charge is 0.273 e. The summed E-state index contributed by atoms with van der Waals surface area (Å²) < 4.78 is 0.851. The van der Waals surface area contributed by atoms with Gasteiger partial charge in [0.05, 0.1) is 0 Å². The van der Waals surface area contributed by atoms with Crippen molar-refractivity contribution in [3.8, 4) is 0 Å². The summed E-state index contributed by atoms with van der Waals surface area (Å²) in [6.45, 7) is 0. The van der Waals surface area contributed by atoms with Crippen LogP contribution in [0.25, 0.3) is 0 Å². The van der Waals surface area contributed by atoms with Crippen LogP contribution in [0.5, 0.6) is 0 Å². The van der Waals surface area contributed by atoms with E-state index in [4.69, 9.17) is 0 Å². The topological polar surface area (TPSA) is 32.7 Å². The Labute approximate surface area is 61.8 Å². The lowest BCUT2D eigenvalue weighted by Gasteiger charge is -2.15. The number of carbonyl (C=O) groups excluding carboxylic acids is 1. The highest BCUT2D eigenvalue weighted by atomic mass is 79.9. The molecule has 3 nitrogen and oxygen atoms in total. The molecular weight excluding hydrogens is 184 g/mol. The highest BCUT2D eigenvalue weighted by Crippen LogP contribution is 2.09. The maximum Gasteiger partial charge on any atom is 0.242 e. The first-order valence-corrected chi connectivity index (χ1v) is 3.49. The zero-order valence-electron chi connectivity index (χ0n) is 5.09. The van der Waals surface area contributed by atoms with Gasteiger partial charge in [-0.15, -0.1) is 0 Å². The Morgan fingerprint density at radius 1 is 1.67 bits per heavy atom. The van der Waals surface area contributed by atoms with Gasteiger partial charge in [0.2, 0.25) is 5.91 Å². The van der Waals surface area contributed by atoms with Gasteiger partial charge in [-0.25, -0.2) is 5.01 Å². The molecule has 1 rings (SSSR count). The molecule has 1 amide bonds. The first-order chi connectivity index (χ1) is 4.20. The molecule has 1 aliphatic rings. The van der Waals surface area contributed by atoms with Crippen LogP contribution in [0.1, 0.15) is 12.8 Å². The van der Waals surface area contributed by atoms with Crippen LogP contribution < -0.4 is 0 Å². The molecule has 0 spiro atoms. The lowest BCUT2D eigenvalue weighted by molar-refractivity contribution is -0.130. The van der Waals surface area contributed by atoms with Crippen LogP contribution >= 0.6 is 15.9 Å². The summed E-state index contributed by atoms with van der Waals surface area (Å²) in [6.07, 6.45) is 1.31. The van der Waals surface area contributed by atoms with E-state index in [9.17, 15) is 4.79 Å². The Hall–Kier alpha value is -0.380. The van der Waals surface area contributed by atoms with E-state index in [1.807, 2.05) is 0 Å². The van der Waals surface area contributed by atoms with Crippen LogP contribution in [-0.2, 0) is 4.79 Å². The van der Waals surface area contributed by atoms with Gasteiger partial charge in [0.15, 0.2) is 0 Å². The van der Waals surface area contributed by atoms with E-state index in [1.54, 1.807) is 7.05 Å². The van der Waals surface area contributed by atoms with Gasteiger partial charge >= 0.3 is 0 Å². The average molecular weight is 191 g/mol. The third-order valence-electron chi connectivity index (χ3n) is 1.16. The van der Waals surface area contributed by atoms with Gasteiger partial charge in [-0.2, -0.15) is 5.10 Å². The molecule has 1 aliphatic heterocycles.